The van der Waals surface area contributed by atoms with Crippen molar-refractivity contribution >= 4 is 15.8 Å². The molecule has 1 aliphatic carbocycles. The molecule has 2 fully saturated rings. The topological polar surface area (TPSA) is 92.1 Å². The maximum atomic E-state index is 12.7. The average molecular weight is 284 g/mol. The third-order valence-corrected chi connectivity index (χ3v) is 6.36. The molecular weight excluding hydrogens is 264 g/mol. The van der Waals surface area contributed by atoms with E-state index in [1.165, 1.54) is 12.6 Å². The lowest BCUT2D eigenvalue weighted by atomic mass is 9.79. The highest BCUT2D eigenvalue weighted by molar-refractivity contribution is 7.89. The second kappa shape index (κ2) is 4.79. The molecule has 3 N–H and O–H groups in total. The lowest BCUT2D eigenvalue weighted by molar-refractivity contribution is 0.129. The highest BCUT2D eigenvalue weighted by Gasteiger charge is 2.40. The van der Waals surface area contributed by atoms with Crippen molar-refractivity contribution in [2.45, 2.75) is 49.5 Å². The Balaban J connectivity index is 1.94. The first-order valence-electron chi connectivity index (χ1n) is 6.91. The average Bonchev–Trinajstić information content (AvgIpc) is 2.85. The Morgan fingerprint density at radius 2 is 2.00 bits per heavy atom. The van der Waals surface area contributed by atoms with Gasteiger partial charge in [0, 0.05) is 12.6 Å². The third-order valence-electron chi connectivity index (χ3n) is 4.41. The van der Waals surface area contributed by atoms with Gasteiger partial charge in [-0.1, -0.05) is 12.8 Å². The quantitative estimate of drug-likeness (QED) is 0.857. The summed E-state index contributed by atoms with van der Waals surface area (Å²) in [7, 11) is -3.51. The fourth-order valence-electron chi connectivity index (χ4n) is 3.49. The Kier molecular flexibility index (Phi) is 3.26. The molecule has 2 aliphatic rings. The van der Waals surface area contributed by atoms with Crippen molar-refractivity contribution in [3.05, 3.63) is 6.20 Å². The molecule has 106 valence electrons. The number of aromatic nitrogens is 2. The van der Waals surface area contributed by atoms with Gasteiger partial charge in [-0.05, 0) is 31.6 Å². The van der Waals surface area contributed by atoms with Gasteiger partial charge in [-0.15, -0.1) is 0 Å². The van der Waals surface area contributed by atoms with E-state index in [1.807, 2.05) is 0 Å². The highest BCUT2D eigenvalue weighted by atomic mass is 32.2. The first kappa shape index (κ1) is 12.9. The normalized spacial score (nSPS) is 29.1. The van der Waals surface area contributed by atoms with Crippen molar-refractivity contribution in [3.63, 3.8) is 0 Å². The molecule has 2 heterocycles. The predicted octanol–water partition coefficient (Wildman–Crippen LogP) is 1.34. The summed E-state index contributed by atoms with van der Waals surface area (Å²) in [5.41, 5.74) is 5.68. The number of hydrogen-bond donors (Lipinski definition) is 2. The number of H-pyrrole nitrogens is 1. The number of nitrogens with one attached hydrogen (secondary N) is 1. The molecule has 1 saturated heterocycles. The van der Waals surface area contributed by atoms with Crippen LogP contribution in [0.15, 0.2) is 11.1 Å². The molecule has 3 rings (SSSR count). The van der Waals surface area contributed by atoms with Crippen LogP contribution in [0.1, 0.15) is 38.5 Å². The molecule has 1 saturated carbocycles. The van der Waals surface area contributed by atoms with E-state index >= 15 is 0 Å². The van der Waals surface area contributed by atoms with E-state index in [-0.39, 0.29) is 16.8 Å². The Labute approximate surface area is 113 Å². The van der Waals surface area contributed by atoms with Gasteiger partial charge in [-0.2, -0.15) is 9.40 Å². The lowest BCUT2D eigenvalue weighted by Crippen LogP contribution is -2.49. The fraction of sp³-hybridized carbons (Fsp3) is 0.750. The van der Waals surface area contributed by atoms with Gasteiger partial charge in [0.05, 0.1) is 6.20 Å². The highest BCUT2D eigenvalue weighted by Crippen LogP contribution is 2.38. The van der Waals surface area contributed by atoms with Crippen LogP contribution in [0.3, 0.4) is 0 Å². The van der Waals surface area contributed by atoms with E-state index in [9.17, 15) is 8.42 Å². The summed E-state index contributed by atoms with van der Waals surface area (Å²) >= 11 is 0. The Morgan fingerprint density at radius 1 is 1.26 bits per heavy atom. The minimum Gasteiger partial charge on any atom is -0.383 e. The van der Waals surface area contributed by atoms with Crippen LogP contribution < -0.4 is 5.73 Å². The number of nitrogens with zero attached hydrogens (tertiary/aromatic N) is 2. The molecule has 1 aliphatic heterocycles. The monoisotopic (exact) mass is 284 g/mol. The van der Waals surface area contributed by atoms with Crippen molar-refractivity contribution in [2.24, 2.45) is 5.92 Å². The standard InChI is InChI=1S/C12H20N4O2S/c13-12-11(8-14-15-12)19(17,18)16-7-3-5-9-4-1-2-6-10(9)16/h8-10H,1-7H2,(H3,13,14,15)/t9-,10-/m1/s1. The second-order valence-corrected chi connectivity index (χ2v) is 7.38. The summed E-state index contributed by atoms with van der Waals surface area (Å²) in [6.07, 6.45) is 7.88. The maximum Gasteiger partial charge on any atom is 0.248 e. The largest absolute Gasteiger partial charge is 0.383 e. The zero-order chi connectivity index (χ0) is 13.5. The predicted molar refractivity (Wildman–Crippen MR) is 71.9 cm³/mol. The summed E-state index contributed by atoms with van der Waals surface area (Å²) in [5.74, 6) is 0.656. The zero-order valence-corrected chi connectivity index (χ0v) is 11.7. The van der Waals surface area contributed by atoms with Crippen LogP contribution in [-0.2, 0) is 10.0 Å². The number of nitrogen functional groups attached to an aromatic ring is 1. The Morgan fingerprint density at radius 3 is 2.74 bits per heavy atom. The number of fused-ring (bicyclic) bond motifs is 1. The van der Waals surface area contributed by atoms with Crippen LogP contribution in [-0.4, -0.2) is 35.5 Å². The van der Waals surface area contributed by atoms with Gasteiger partial charge in [0.25, 0.3) is 0 Å². The van der Waals surface area contributed by atoms with Crippen molar-refractivity contribution in [1.82, 2.24) is 14.5 Å². The molecule has 0 radical (unpaired) electrons. The Bertz CT molecular complexity index is 552. The van der Waals surface area contributed by atoms with Gasteiger partial charge in [-0.25, -0.2) is 8.42 Å². The van der Waals surface area contributed by atoms with E-state index in [4.69, 9.17) is 5.73 Å². The minimum atomic E-state index is -3.51. The summed E-state index contributed by atoms with van der Waals surface area (Å²) in [4.78, 5) is 0.124. The van der Waals surface area contributed by atoms with Gasteiger partial charge < -0.3 is 5.73 Å². The lowest BCUT2D eigenvalue weighted by Gasteiger charge is -2.42. The molecule has 0 aromatic carbocycles. The van der Waals surface area contributed by atoms with Crippen LogP contribution in [0.25, 0.3) is 0 Å². The van der Waals surface area contributed by atoms with E-state index in [1.54, 1.807) is 4.31 Å². The van der Waals surface area contributed by atoms with Crippen LogP contribution in [0, 0.1) is 5.92 Å². The molecule has 7 heteroatoms. The summed E-state index contributed by atoms with van der Waals surface area (Å²) in [6.45, 7) is 0.605. The first-order valence-corrected chi connectivity index (χ1v) is 8.35. The summed E-state index contributed by atoms with van der Waals surface area (Å²) < 4.78 is 27.1. The SMILES string of the molecule is Nc1[nH]ncc1S(=O)(=O)N1CCC[C@H]2CCCC[C@H]21. The third kappa shape index (κ3) is 2.14. The number of piperidine rings is 1. The van der Waals surface area contributed by atoms with E-state index in [2.05, 4.69) is 10.2 Å². The second-order valence-electron chi connectivity index (χ2n) is 5.52. The van der Waals surface area contributed by atoms with Crippen molar-refractivity contribution < 1.29 is 8.42 Å². The van der Waals surface area contributed by atoms with Gasteiger partial charge in [0.1, 0.15) is 10.7 Å². The minimum absolute atomic E-state index is 0.124. The molecule has 0 spiro atoms. The van der Waals surface area contributed by atoms with Gasteiger partial charge >= 0.3 is 0 Å². The molecule has 19 heavy (non-hydrogen) atoms. The van der Waals surface area contributed by atoms with Crippen LogP contribution >= 0.6 is 0 Å². The number of nitrogens with two attached hydrogens (primary N) is 1. The molecule has 1 aromatic heterocycles. The number of rotatable bonds is 2. The molecule has 0 unspecified atom stereocenters. The van der Waals surface area contributed by atoms with Crippen LogP contribution in [0.4, 0.5) is 5.82 Å². The van der Waals surface area contributed by atoms with Gasteiger partial charge in [-0.3, -0.25) is 5.10 Å². The van der Waals surface area contributed by atoms with Crippen LogP contribution in [0.5, 0.6) is 0 Å². The molecule has 6 nitrogen and oxygen atoms in total. The number of anilines is 1. The van der Waals surface area contributed by atoms with E-state index < -0.39 is 10.0 Å². The van der Waals surface area contributed by atoms with Crippen LogP contribution in [0.2, 0.25) is 0 Å². The molecular formula is C12H20N4O2S. The van der Waals surface area contributed by atoms with Gasteiger partial charge in [0.2, 0.25) is 10.0 Å². The Hall–Kier alpha value is -1.08. The fourth-order valence-corrected chi connectivity index (χ4v) is 5.26. The first-order chi connectivity index (χ1) is 9.10. The van der Waals surface area contributed by atoms with E-state index in [0.717, 1.165) is 32.1 Å². The van der Waals surface area contributed by atoms with Crippen molar-refractivity contribution in [2.75, 3.05) is 12.3 Å². The molecule has 2 atom stereocenters. The zero-order valence-electron chi connectivity index (χ0n) is 10.9. The summed E-state index contributed by atoms with van der Waals surface area (Å²) in [6, 6.07) is 0.154. The smallest absolute Gasteiger partial charge is 0.248 e. The van der Waals surface area contributed by atoms with Crippen molar-refractivity contribution in [3.8, 4) is 0 Å². The molecule has 0 amide bonds. The van der Waals surface area contributed by atoms with E-state index in [0.29, 0.717) is 12.5 Å². The number of sulfonamides is 1. The maximum absolute atomic E-state index is 12.7. The molecule has 0 bridgehead atoms. The van der Waals surface area contributed by atoms with Gasteiger partial charge in [0.15, 0.2) is 0 Å². The number of aromatic amines is 1. The molecule has 1 aromatic rings. The summed E-state index contributed by atoms with van der Waals surface area (Å²) in [5, 5.41) is 6.24. The number of hydrogen-bond acceptors (Lipinski definition) is 4. The van der Waals surface area contributed by atoms with Crippen molar-refractivity contribution in [1.29, 1.82) is 0 Å².